The minimum absolute atomic E-state index is 0.0316. The first-order valence-corrected chi connectivity index (χ1v) is 5.21. The summed E-state index contributed by atoms with van der Waals surface area (Å²) in [6, 6.07) is 0. The van der Waals surface area contributed by atoms with Crippen LogP contribution in [-0.4, -0.2) is 12.2 Å². The van der Waals surface area contributed by atoms with Crippen molar-refractivity contribution in [1.29, 1.82) is 0 Å². The highest BCUT2D eigenvalue weighted by Gasteiger charge is 2.15. The Hall–Kier alpha value is -1.08. The third-order valence-corrected chi connectivity index (χ3v) is 2.19. The van der Waals surface area contributed by atoms with Gasteiger partial charge >= 0.3 is 0 Å². The van der Waals surface area contributed by atoms with Crippen LogP contribution in [0.4, 0.5) is 0 Å². The van der Waals surface area contributed by atoms with Crippen molar-refractivity contribution in [1.82, 2.24) is 0 Å². The number of hydrogen-bond donors (Lipinski definition) is 0. The Morgan fingerprint density at radius 2 is 1.33 bits per heavy atom. The molecule has 0 aliphatic heterocycles. The van der Waals surface area contributed by atoms with E-state index in [9.17, 15) is 0 Å². The van der Waals surface area contributed by atoms with E-state index in [0.29, 0.717) is 0 Å². The van der Waals surface area contributed by atoms with E-state index >= 15 is 0 Å². The van der Waals surface area contributed by atoms with Crippen LogP contribution in [0.15, 0.2) is 49.6 Å². The third kappa shape index (κ3) is 5.38. The summed E-state index contributed by atoms with van der Waals surface area (Å²) in [6.45, 7) is 19.2. The van der Waals surface area contributed by atoms with Gasteiger partial charge in [-0.05, 0) is 26.7 Å². The molecule has 0 spiro atoms. The zero-order valence-corrected chi connectivity index (χ0v) is 9.96. The van der Waals surface area contributed by atoms with Gasteiger partial charge in [-0.3, -0.25) is 0 Å². The SMILES string of the molecule is C=CCC(OC(CC=C)C(=C)C)C(=C)C. The highest BCUT2D eigenvalue weighted by atomic mass is 16.5. The van der Waals surface area contributed by atoms with Crippen molar-refractivity contribution in [3.8, 4) is 0 Å². The van der Waals surface area contributed by atoms with Crippen LogP contribution in [0.25, 0.3) is 0 Å². The molecule has 0 saturated heterocycles. The second kappa shape index (κ2) is 7.24. The van der Waals surface area contributed by atoms with Crippen molar-refractivity contribution in [2.24, 2.45) is 0 Å². The molecule has 0 aliphatic rings. The Bertz CT molecular complexity index is 224. The van der Waals surface area contributed by atoms with E-state index in [0.717, 1.165) is 24.0 Å². The van der Waals surface area contributed by atoms with Crippen LogP contribution < -0.4 is 0 Å². The maximum Gasteiger partial charge on any atom is 0.0822 e. The van der Waals surface area contributed by atoms with Gasteiger partial charge < -0.3 is 4.74 Å². The topological polar surface area (TPSA) is 9.23 Å². The molecule has 0 bridgehead atoms. The molecule has 84 valence electrons. The Morgan fingerprint density at radius 1 is 1.00 bits per heavy atom. The molecular weight excluding hydrogens is 184 g/mol. The van der Waals surface area contributed by atoms with Crippen molar-refractivity contribution >= 4 is 0 Å². The first-order chi connectivity index (χ1) is 7.02. The lowest BCUT2D eigenvalue weighted by molar-refractivity contribution is 0.0323. The molecule has 0 fully saturated rings. The third-order valence-electron chi connectivity index (χ3n) is 2.19. The molecule has 2 unspecified atom stereocenters. The van der Waals surface area contributed by atoms with Crippen molar-refractivity contribution in [3.63, 3.8) is 0 Å². The first-order valence-electron chi connectivity index (χ1n) is 5.21. The molecule has 0 N–H and O–H groups in total. The molecular formula is C14H22O. The Morgan fingerprint density at radius 3 is 1.53 bits per heavy atom. The molecule has 0 radical (unpaired) electrons. The summed E-state index contributed by atoms with van der Waals surface area (Å²) in [6.07, 6.45) is 5.34. The van der Waals surface area contributed by atoms with Crippen LogP contribution in [0.5, 0.6) is 0 Å². The fraction of sp³-hybridized carbons (Fsp3) is 0.429. The quantitative estimate of drug-likeness (QED) is 0.544. The second-order valence-electron chi connectivity index (χ2n) is 3.85. The molecule has 1 nitrogen and oxygen atoms in total. The van der Waals surface area contributed by atoms with Gasteiger partial charge in [0.1, 0.15) is 0 Å². The summed E-state index contributed by atoms with van der Waals surface area (Å²) in [4.78, 5) is 0. The summed E-state index contributed by atoms with van der Waals surface area (Å²) >= 11 is 0. The molecule has 0 rings (SSSR count). The lowest BCUT2D eigenvalue weighted by Gasteiger charge is -2.24. The lowest BCUT2D eigenvalue weighted by atomic mass is 10.1. The molecule has 0 aromatic heterocycles. The van der Waals surface area contributed by atoms with Gasteiger partial charge in [0.2, 0.25) is 0 Å². The summed E-state index contributed by atoms with van der Waals surface area (Å²) in [5.41, 5.74) is 2.04. The minimum atomic E-state index is 0.0316. The molecule has 0 amide bonds. The Balaban J connectivity index is 4.44. The van der Waals surface area contributed by atoms with Crippen LogP contribution in [0.2, 0.25) is 0 Å². The minimum Gasteiger partial charge on any atom is -0.366 e. The highest BCUT2D eigenvalue weighted by Crippen LogP contribution is 2.17. The Labute approximate surface area is 93.8 Å². The van der Waals surface area contributed by atoms with E-state index in [2.05, 4.69) is 26.3 Å². The van der Waals surface area contributed by atoms with E-state index in [-0.39, 0.29) is 12.2 Å². The van der Waals surface area contributed by atoms with E-state index in [1.165, 1.54) is 0 Å². The molecule has 0 aromatic rings. The van der Waals surface area contributed by atoms with Crippen molar-refractivity contribution in [2.75, 3.05) is 0 Å². The monoisotopic (exact) mass is 206 g/mol. The van der Waals surface area contributed by atoms with Crippen LogP contribution in [0, 0.1) is 0 Å². The largest absolute Gasteiger partial charge is 0.366 e. The van der Waals surface area contributed by atoms with Crippen molar-refractivity contribution in [2.45, 2.75) is 38.9 Å². The standard InChI is InChI=1S/C14H22O/c1-7-9-13(11(3)4)15-14(10-8-2)12(5)6/h7-8,13-14H,1-3,5,9-10H2,4,6H3. The number of rotatable bonds is 8. The number of ether oxygens (including phenoxy) is 1. The van der Waals surface area contributed by atoms with Gasteiger partial charge in [-0.2, -0.15) is 0 Å². The second-order valence-corrected chi connectivity index (χ2v) is 3.85. The predicted molar refractivity (Wildman–Crippen MR) is 67.9 cm³/mol. The summed E-state index contributed by atoms with van der Waals surface area (Å²) < 4.78 is 5.91. The average molecular weight is 206 g/mol. The van der Waals surface area contributed by atoms with Crippen LogP contribution in [-0.2, 0) is 4.74 Å². The van der Waals surface area contributed by atoms with Gasteiger partial charge in [-0.15, -0.1) is 13.2 Å². The summed E-state index contributed by atoms with van der Waals surface area (Å²) in [7, 11) is 0. The molecule has 0 aliphatic carbocycles. The summed E-state index contributed by atoms with van der Waals surface area (Å²) in [5, 5.41) is 0. The molecule has 1 heteroatoms. The van der Waals surface area contributed by atoms with Crippen molar-refractivity contribution < 1.29 is 4.74 Å². The van der Waals surface area contributed by atoms with E-state index in [4.69, 9.17) is 4.74 Å². The van der Waals surface area contributed by atoms with Gasteiger partial charge in [-0.25, -0.2) is 0 Å². The molecule has 0 heterocycles. The zero-order valence-electron chi connectivity index (χ0n) is 9.96. The van der Waals surface area contributed by atoms with Crippen molar-refractivity contribution in [3.05, 3.63) is 49.6 Å². The fourth-order valence-electron chi connectivity index (χ4n) is 1.25. The predicted octanol–water partition coefficient (Wildman–Crippen LogP) is 4.04. The smallest absolute Gasteiger partial charge is 0.0822 e. The van der Waals surface area contributed by atoms with E-state index in [1.54, 1.807) is 0 Å². The first kappa shape index (κ1) is 13.9. The maximum absolute atomic E-state index is 5.91. The van der Waals surface area contributed by atoms with E-state index in [1.807, 2.05) is 26.0 Å². The highest BCUT2D eigenvalue weighted by molar-refractivity contribution is 5.06. The lowest BCUT2D eigenvalue weighted by Crippen LogP contribution is -2.23. The summed E-state index contributed by atoms with van der Waals surface area (Å²) in [5.74, 6) is 0. The van der Waals surface area contributed by atoms with E-state index < -0.39 is 0 Å². The van der Waals surface area contributed by atoms with Crippen LogP contribution >= 0.6 is 0 Å². The Kier molecular flexibility index (Phi) is 6.72. The van der Waals surface area contributed by atoms with Gasteiger partial charge in [0.05, 0.1) is 12.2 Å². The van der Waals surface area contributed by atoms with Gasteiger partial charge in [0.15, 0.2) is 0 Å². The average Bonchev–Trinajstić information content (AvgIpc) is 2.15. The molecule has 0 saturated carbocycles. The normalized spacial score (nSPS) is 14.0. The van der Waals surface area contributed by atoms with Crippen LogP contribution in [0.1, 0.15) is 26.7 Å². The van der Waals surface area contributed by atoms with Crippen LogP contribution in [0.3, 0.4) is 0 Å². The van der Waals surface area contributed by atoms with Gasteiger partial charge in [-0.1, -0.05) is 36.5 Å². The molecule has 2 atom stereocenters. The number of hydrogen-bond acceptors (Lipinski definition) is 1. The van der Waals surface area contributed by atoms with Gasteiger partial charge in [0.25, 0.3) is 0 Å². The maximum atomic E-state index is 5.91. The van der Waals surface area contributed by atoms with Gasteiger partial charge in [0, 0.05) is 0 Å². The zero-order chi connectivity index (χ0) is 11.8. The molecule has 15 heavy (non-hydrogen) atoms. The fourth-order valence-corrected chi connectivity index (χ4v) is 1.25. The molecule has 0 aromatic carbocycles.